The van der Waals surface area contributed by atoms with Crippen molar-refractivity contribution in [1.82, 2.24) is 0 Å². The van der Waals surface area contributed by atoms with Gasteiger partial charge in [0.25, 0.3) is 0 Å². The molecule has 0 amide bonds. The molecule has 0 aliphatic carbocycles. The number of rotatable bonds is 9. The highest BCUT2D eigenvalue weighted by Gasteiger charge is 2.15. The average Bonchev–Trinajstić information content (AvgIpc) is 2.18. The first-order chi connectivity index (χ1) is 6.78. The van der Waals surface area contributed by atoms with Crippen molar-refractivity contribution in [2.45, 2.75) is 52.4 Å². The summed E-state index contributed by atoms with van der Waals surface area (Å²) in [4.78, 5) is 0. The zero-order valence-electron chi connectivity index (χ0n) is 9.91. The van der Waals surface area contributed by atoms with E-state index in [2.05, 4.69) is 6.92 Å². The molecule has 0 heterocycles. The van der Waals surface area contributed by atoms with E-state index in [9.17, 15) is 0 Å². The molecular formula is C11H24O3. The zero-order chi connectivity index (χ0) is 10.8. The van der Waals surface area contributed by atoms with E-state index in [1.54, 1.807) is 7.11 Å². The van der Waals surface area contributed by atoms with Crippen LogP contribution >= 0.6 is 0 Å². The van der Waals surface area contributed by atoms with Gasteiger partial charge in [-0.25, -0.2) is 0 Å². The molecule has 14 heavy (non-hydrogen) atoms. The molecule has 0 bridgehead atoms. The third kappa shape index (κ3) is 6.35. The summed E-state index contributed by atoms with van der Waals surface area (Å²) in [5, 5.41) is 0. The van der Waals surface area contributed by atoms with Crippen LogP contribution in [-0.2, 0) is 14.2 Å². The van der Waals surface area contributed by atoms with Crippen LogP contribution in [0.2, 0.25) is 0 Å². The second kappa shape index (κ2) is 9.44. The number of ether oxygens (including phenoxy) is 3. The Bertz CT molecular complexity index is 111. The van der Waals surface area contributed by atoms with Crippen LogP contribution in [0.4, 0.5) is 0 Å². The van der Waals surface area contributed by atoms with Gasteiger partial charge in [-0.15, -0.1) is 0 Å². The van der Waals surface area contributed by atoms with Crippen LogP contribution in [0.5, 0.6) is 0 Å². The maximum atomic E-state index is 5.60. The Balaban J connectivity index is 3.83. The highest BCUT2D eigenvalue weighted by Crippen LogP contribution is 2.12. The minimum atomic E-state index is -0.122. The van der Waals surface area contributed by atoms with Gasteiger partial charge in [-0.2, -0.15) is 0 Å². The van der Waals surface area contributed by atoms with Crippen molar-refractivity contribution in [3.05, 3.63) is 0 Å². The van der Waals surface area contributed by atoms with Gasteiger partial charge in [-0.05, 0) is 20.3 Å². The smallest absolute Gasteiger partial charge is 0.159 e. The van der Waals surface area contributed by atoms with E-state index in [4.69, 9.17) is 14.2 Å². The maximum Gasteiger partial charge on any atom is 0.159 e. The SMILES string of the molecule is CCCC(CC(OC)OCC)OCC. The van der Waals surface area contributed by atoms with Crippen LogP contribution in [0.3, 0.4) is 0 Å². The Hall–Kier alpha value is -0.120. The monoisotopic (exact) mass is 204 g/mol. The molecule has 0 aromatic rings. The molecule has 0 spiro atoms. The quantitative estimate of drug-likeness (QED) is 0.540. The molecule has 0 radical (unpaired) electrons. The Morgan fingerprint density at radius 1 is 1.00 bits per heavy atom. The van der Waals surface area contributed by atoms with E-state index < -0.39 is 0 Å². The molecule has 0 saturated carbocycles. The summed E-state index contributed by atoms with van der Waals surface area (Å²) in [7, 11) is 1.68. The lowest BCUT2D eigenvalue weighted by atomic mass is 10.1. The Morgan fingerprint density at radius 3 is 2.07 bits per heavy atom. The number of hydrogen-bond donors (Lipinski definition) is 0. The van der Waals surface area contributed by atoms with E-state index in [1.165, 1.54) is 0 Å². The van der Waals surface area contributed by atoms with Crippen LogP contribution in [0.15, 0.2) is 0 Å². The molecule has 0 aliphatic heterocycles. The van der Waals surface area contributed by atoms with Crippen molar-refractivity contribution in [2.24, 2.45) is 0 Å². The first-order valence-corrected chi connectivity index (χ1v) is 5.54. The van der Waals surface area contributed by atoms with E-state index >= 15 is 0 Å². The van der Waals surface area contributed by atoms with E-state index in [0.717, 1.165) is 25.9 Å². The lowest BCUT2D eigenvalue weighted by molar-refractivity contribution is -0.144. The highest BCUT2D eigenvalue weighted by molar-refractivity contribution is 4.60. The van der Waals surface area contributed by atoms with Crippen LogP contribution in [0.25, 0.3) is 0 Å². The fraction of sp³-hybridized carbons (Fsp3) is 1.00. The van der Waals surface area contributed by atoms with E-state index in [1.807, 2.05) is 13.8 Å². The van der Waals surface area contributed by atoms with Gasteiger partial charge >= 0.3 is 0 Å². The predicted octanol–water partition coefficient (Wildman–Crippen LogP) is 2.59. The van der Waals surface area contributed by atoms with E-state index in [0.29, 0.717) is 6.61 Å². The second-order valence-electron chi connectivity index (χ2n) is 3.22. The Labute approximate surface area is 87.7 Å². The fourth-order valence-corrected chi connectivity index (χ4v) is 1.46. The molecule has 0 fully saturated rings. The van der Waals surface area contributed by atoms with Crippen LogP contribution in [-0.4, -0.2) is 32.7 Å². The molecule has 0 saturated heterocycles. The van der Waals surface area contributed by atoms with Crippen molar-refractivity contribution < 1.29 is 14.2 Å². The van der Waals surface area contributed by atoms with Crippen LogP contribution in [0, 0.1) is 0 Å². The molecule has 2 unspecified atom stereocenters. The third-order valence-electron chi connectivity index (χ3n) is 2.08. The van der Waals surface area contributed by atoms with Crippen molar-refractivity contribution in [1.29, 1.82) is 0 Å². The summed E-state index contributed by atoms with van der Waals surface area (Å²) in [6.07, 6.45) is 3.17. The summed E-state index contributed by atoms with van der Waals surface area (Å²) in [6, 6.07) is 0. The Morgan fingerprint density at radius 2 is 1.64 bits per heavy atom. The average molecular weight is 204 g/mol. The molecule has 2 atom stereocenters. The normalized spacial score (nSPS) is 15.4. The summed E-state index contributed by atoms with van der Waals surface area (Å²) >= 11 is 0. The van der Waals surface area contributed by atoms with Gasteiger partial charge in [0.2, 0.25) is 0 Å². The second-order valence-corrected chi connectivity index (χ2v) is 3.22. The topological polar surface area (TPSA) is 27.7 Å². The lowest BCUT2D eigenvalue weighted by Crippen LogP contribution is -2.24. The van der Waals surface area contributed by atoms with Crippen LogP contribution < -0.4 is 0 Å². The molecule has 0 N–H and O–H groups in total. The van der Waals surface area contributed by atoms with Crippen molar-refractivity contribution in [2.75, 3.05) is 20.3 Å². The van der Waals surface area contributed by atoms with Crippen molar-refractivity contribution >= 4 is 0 Å². The molecule has 0 aromatic heterocycles. The fourth-order valence-electron chi connectivity index (χ4n) is 1.46. The van der Waals surface area contributed by atoms with E-state index in [-0.39, 0.29) is 12.4 Å². The summed E-state index contributed by atoms with van der Waals surface area (Å²) in [5.41, 5.74) is 0. The first kappa shape index (κ1) is 13.9. The standard InChI is InChI=1S/C11H24O3/c1-5-8-10(13-6-2)9-11(12-4)14-7-3/h10-11H,5-9H2,1-4H3. The van der Waals surface area contributed by atoms with Gasteiger partial charge in [-0.3, -0.25) is 0 Å². The molecule has 0 aliphatic rings. The minimum Gasteiger partial charge on any atom is -0.378 e. The predicted molar refractivity (Wildman–Crippen MR) is 57.4 cm³/mol. The number of hydrogen-bond acceptors (Lipinski definition) is 3. The maximum absolute atomic E-state index is 5.60. The Kier molecular flexibility index (Phi) is 9.35. The van der Waals surface area contributed by atoms with Gasteiger partial charge in [0.05, 0.1) is 6.10 Å². The number of methoxy groups -OCH3 is 1. The van der Waals surface area contributed by atoms with Gasteiger partial charge in [0, 0.05) is 26.7 Å². The van der Waals surface area contributed by atoms with Gasteiger partial charge in [-0.1, -0.05) is 13.3 Å². The van der Waals surface area contributed by atoms with Gasteiger partial charge < -0.3 is 14.2 Å². The van der Waals surface area contributed by atoms with Gasteiger partial charge in [0.1, 0.15) is 0 Å². The zero-order valence-corrected chi connectivity index (χ0v) is 9.91. The summed E-state index contributed by atoms with van der Waals surface area (Å²) in [6.45, 7) is 7.60. The van der Waals surface area contributed by atoms with Crippen LogP contribution in [0.1, 0.15) is 40.0 Å². The minimum absolute atomic E-state index is 0.122. The summed E-state index contributed by atoms with van der Waals surface area (Å²) < 4.78 is 16.2. The molecule has 3 nitrogen and oxygen atoms in total. The third-order valence-corrected chi connectivity index (χ3v) is 2.08. The molecular weight excluding hydrogens is 180 g/mol. The first-order valence-electron chi connectivity index (χ1n) is 5.54. The lowest BCUT2D eigenvalue weighted by Gasteiger charge is -2.22. The molecule has 3 heteroatoms. The highest BCUT2D eigenvalue weighted by atomic mass is 16.7. The van der Waals surface area contributed by atoms with Gasteiger partial charge in [0.15, 0.2) is 6.29 Å². The molecule has 0 aromatic carbocycles. The molecule has 86 valence electrons. The largest absolute Gasteiger partial charge is 0.378 e. The van der Waals surface area contributed by atoms with Crippen molar-refractivity contribution in [3.63, 3.8) is 0 Å². The van der Waals surface area contributed by atoms with Crippen molar-refractivity contribution in [3.8, 4) is 0 Å². The summed E-state index contributed by atoms with van der Waals surface area (Å²) in [5.74, 6) is 0. The molecule has 0 rings (SSSR count).